The van der Waals surface area contributed by atoms with Gasteiger partial charge in [0, 0.05) is 16.1 Å². The van der Waals surface area contributed by atoms with Crippen LogP contribution in [0, 0.1) is 5.82 Å². The number of nitrogens with one attached hydrogen (secondary N) is 1. The Morgan fingerprint density at radius 3 is 2.73 bits per heavy atom. The summed E-state index contributed by atoms with van der Waals surface area (Å²) < 4.78 is 21.6. The number of hydrogen-bond acceptors (Lipinski definition) is 5. The van der Waals surface area contributed by atoms with Gasteiger partial charge in [-0.15, -0.1) is 0 Å². The minimum absolute atomic E-state index is 0.0268. The third-order valence-corrected chi connectivity index (χ3v) is 6.74. The van der Waals surface area contributed by atoms with Crippen molar-refractivity contribution in [3.05, 3.63) is 97.2 Å². The smallest absolute Gasteiger partial charge is 0.282 e. The molecule has 1 N–H and O–H groups in total. The monoisotopic (exact) mass is 628 g/mol. The number of nitrogens with zero attached hydrogens (tertiary/aromatic N) is 3. The van der Waals surface area contributed by atoms with Gasteiger partial charge >= 0.3 is 0 Å². The first-order valence-electron chi connectivity index (χ1n) is 11.5. The average Bonchev–Trinajstić information content (AvgIpc) is 2.87. The van der Waals surface area contributed by atoms with Crippen LogP contribution in [0.25, 0.3) is 10.9 Å². The molecule has 37 heavy (non-hydrogen) atoms. The molecular weight excluding hydrogens is 607 g/mol. The van der Waals surface area contributed by atoms with Gasteiger partial charge in [-0.05, 0) is 82.5 Å². The summed E-state index contributed by atoms with van der Waals surface area (Å²) in [6, 6.07) is 16.2. The first kappa shape index (κ1) is 26.7. The number of carbonyl (C=O) groups is 1. The Morgan fingerprint density at radius 1 is 1.19 bits per heavy atom. The predicted octanol–water partition coefficient (Wildman–Crippen LogP) is 6.47. The molecule has 0 aliphatic rings. The normalized spacial score (nSPS) is 12.1. The second-order valence-corrected chi connectivity index (χ2v) is 10.1. The van der Waals surface area contributed by atoms with Crippen LogP contribution in [0.5, 0.6) is 5.75 Å². The van der Waals surface area contributed by atoms with Crippen LogP contribution in [-0.4, -0.2) is 28.4 Å². The maximum Gasteiger partial charge on any atom is 0.282 e. The number of halogens is 3. The molecule has 0 saturated heterocycles. The fourth-order valence-corrected chi connectivity index (χ4v) is 4.40. The van der Waals surface area contributed by atoms with Gasteiger partial charge in [-0.1, -0.05) is 35.8 Å². The molecule has 1 heterocycles. The molecule has 4 rings (SSSR count). The van der Waals surface area contributed by atoms with Crippen LogP contribution < -0.4 is 15.6 Å². The zero-order chi connectivity index (χ0) is 26.5. The van der Waals surface area contributed by atoms with Gasteiger partial charge in [0.25, 0.3) is 11.5 Å². The summed E-state index contributed by atoms with van der Waals surface area (Å²) in [6.07, 6.45) is 2.37. The van der Waals surface area contributed by atoms with Gasteiger partial charge in [-0.3, -0.25) is 9.59 Å². The average molecular weight is 630 g/mol. The summed E-state index contributed by atoms with van der Waals surface area (Å²) in [5, 5.41) is 7.52. The van der Waals surface area contributed by atoms with E-state index in [1.807, 2.05) is 26.0 Å². The molecule has 1 amide bonds. The van der Waals surface area contributed by atoms with Crippen molar-refractivity contribution in [2.45, 2.75) is 26.2 Å². The van der Waals surface area contributed by atoms with Gasteiger partial charge < -0.3 is 10.1 Å². The maximum atomic E-state index is 13.3. The van der Waals surface area contributed by atoms with E-state index in [0.717, 1.165) is 10.9 Å². The summed E-state index contributed by atoms with van der Waals surface area (Å²) in [5.41, 5.74) is 1.43. The third-order valence-electron chi connectivity index (χ3n) is 5.63. The van der Waals surface area contributed by atoms with E-state index >= 15 is 0 Å². The van der Waals surface area contributed by atoms with Gasteiger partial charge in [0.1, 0.15) is 17.4 Å². The van der Waals surface area contributed by atoms with E-state index < -0.39 is 11.7 Å². The lowest BCUT2D eigenvalue weighted by atomic mass is 10.1. The second-order valence-electron chi connectivity index (χ2n) is 8.34. The molecule has 0 unspecified atom stereocenters. The number of aromatic nitrogens is 2. The van der Waals surface area contributed by atoms with Crippen LogP contribution in [0.1, 0.15) is 37.6 Å². The lowest BCUT2D eigenvalue weighted by Gasteiger charge is -2.14. The van der Waals surface area contributed by atoms with Crippen LogP contribution >= 0.6 is 31.9 Å². The van der Waals surface area contributed by atoms with Crippen LogP contribution in [-0.2, 0) is 4.79 Å². The SMILES string of the molecule is CC[C@@H](C)c1nc2ccc(Br)cc2c(=O)n1N=Cc1ccc(OCC(=O)Nc2cccc(F)c2)c(Br)c1. The van der Waals surface area contributed by atoms with Gasteiger partial charge in [-0.25, -0.2) is 9.37 Å². The lowest BCUT2D eigenvalue weighted by Crippen LogP contribution is -2.23. The van der Waals surface area contributed by atoms with Crippen molar-refractivity contribution in [3.63, 3.8) is 0 Å². The van der Waals surface area contributed by atoms with E-state index in [2.05, 4.69) is 42.3 Å². The Hall–Kier alpha value is -3.37. The number of ether oxygens (including phenoxy) is 1. The molecule has 0 fully saturated rings. The van der Waals surface area contributed by atoms with Crippen LogP contribution in [0.15, 0.2) is 79.5 Å². The molecule has 0 radical (unpaired) electrons. The maximum absolute atomic E-state index is 13.3. The molecule has 0 saturated carbocycles. The molecule has 4 aromatic rings. The van der Waals surface area contributed by atoms with Gasteiger partial charge in [0.2, 0.25) is 0 Å². The predicted molar refractivity (Wildman–Crippen MR) is 150 cm³/mol. The van der Waals surface area contributed by atoms with Crippen LogP contribution in [0.3, 0.4) is 0 Å². The van der Waals surface area contributed by atoms with E-state index in [9.17, 15) is 14.0 Å². The number of hydrogen-bond donors (Lipinski definition) is 1. The van der Waals surface area contributed by atoms with E-state index in [1.165, 1.54) is 22.9 Å². The fraction of sp³-hybridized carbons (Fsp3) is 0.185. The number of anilines is 1. The number of fused-ring (bicyclic) bond motifs is 1. The Labute approximate surface area is 229 Å². The van der Waals surface area contributed by atoms with Gasteiger partial charge in [0.15, 0.2) is 6.61 Å². The minimum atomic E-state index is -0.440. The second kappa shape index (κ2) is 11.8. The van der Waals surface area contributed by atoms with Gasteiger partial charge in [-0.2, -0.15) is 9.78 Å². The first-order chi connectivity index (χ1) is 17.7. The highest BCUT2D eigenvalue weighted by atomic mass is 79.9. The van der Waals surface area contributed by atoms with E-state index in [1.54, 1.807) is 36.5 Å². The summed E-state index contributed by atoms with van der Waals surface area (Å²) in [4.78, 5) is 30.1. The first-order valence-corrected chi connectivity index (χ1v) is 13.1. The van der Waals surface area contributed by atoms with Crippen LogP contribution in [0.4, 0.5) is 10.1 Å². The molecule has 3 aromatic carbocycles. The molecule has 10 heteroatoms. The third kappa shape index (κ3) is 6.50. The zero-order valence-corrected chi connectivity index (χ0v) is 23.2. The quantitative estimate of drug-likeness (QED) is 0.226. The highest BCUT2D eigenvalue weighted by Crippen LogP contribution is 2.26. The molecule has 0 bridgehead atoms. The molecular formula is C27H23Br2FN4O3. The summed E-state index contributed by atoms with van der Waals surface area (Å²) >= 11 is 6.86. The van der Waals surface area contributed by atoms with E-state index in [0.29, 0.717) is 38.2 Å². The molecule has 0 spiro atoms. The minimum Gasteiger partial charge on any atom is -0.483 e. The van der Waals surface area contributed by atoms with Crippen molar-refractivity contribution in [1.29, 1.82) is 0 Å². The van der Waals surface area contributed by atoms with Crippen molar-refractivity contribution in [1.82, 2.24) is 9.66 Å². The van der Waals surface area contributed by atoms with Crippen LogP contribution in [0.2, 0.25) is 0 Å². The largest absolute Gasteiger partial charge is 0.483 e. The highest BCUT2D eigenvalue weighted by Gasteiger charge is 2.16. The number of benzene rings is 3. The topological polar surface area (TPSA) is 85.6 Å². The Kier molecular flexibility index (Phi) is 8.50. The molecule has 190 valence electrons. The summed E-state index contributed by atoms with van der Waals surface area (Å²) in [6.45, 7) is 3.78. The summed E-state index contributed by atoms with van der Waals surface area (Å²) in [7, 11) is 0. The van der Waals surface area contributed by atoms with E-state index in [4.69, 9.17) is 9.72 Å². The Morgan fingerprint density at radius 2 is 2.00 bits per heavy atom. The molecule has 1 aromatic heterocycles. The fourth-order valence-electron chi connectivity index (χ4n) is 3.52. The Bertz CT molecular complexity index is 1550. The highest BCUT2D eigenvalue weighted by molar-refractivity contribution is 9.10. The van der Waals surface area contributed by atoms with Gasteiger partial charge in [0.05, 0.1) is 21.6 Å². The molecule has 7 nitrogen and oxygen atoms in total. The standard InChI is InChI=1S/C27H23Br2FN4O3/c1-3-16(2)26-33-23-9-8-18(28)12-21(23)27(36)34(26)31-14-17-7-10-24(22(29)11-17)37-15-25(35)32-20-6-4-5-19(30)13-20/h4-14,16H,3,15H2,1-2H3,(H,32,35)/t16-/m1/s1. The van der Waals surface area contributed by atoms with E-state index in [-0.39, 0.29) is 18.1 Å². The van der Waals surface area contributed by atoms with Crippen molar-refractivity contribution in [2.75, 3.05) is 11.9 Å². The zero-order valence-electron chi connectivity index (χ0n) is 20.0. The van der Waals surface area contributed by atoms with Crippen molar-refractivity contribution in [2.24, 2.45) is 5.10 Å². The number of amides is 1. The molecule has 0 aliphatic carbocycles. The lowest BCUT2D eigenvalue weighted by molar-refractivity contribution is -0.118. The van der Waals surface area contributed by atoms with Crippen molar-refractivity contribution < 1.29 is 13.9 Å². The number of carbonyl (C=O) groups excluding carboxylic acids is 1. The number of rotatable bonds is 8. The van der Waals surface area contributed by atoms with Crippen molar-refractivity contribution in [3.8, 4) is 5.75 Å². The van der Waals surface area contributed by atoms with Crippen molar-refractivity contribution >= 4 is 60.6 Å². The Balaban J connectivity index is 1.53. The summed E-state index contributed by atoms with van der Waals surface area (Å²) in [5.74, 6) is 0.196. The molecule has 1 atom stereocenters. The molecule has 0 aliphatic heterocycles.